The molecular weight excluding hydrogens is 516 g/mol. The van der Waals surface area contributed by atoms with Gasteiger partial charge in [0.05, 0.1) is 0 Å². The number of benzene rings is 1. The summed E-state index contributed by atoms with van der Waals surface area (Å²) in [6.45, 7) is 11.1. The molecule has 0 aliphatic heterocycles. The standard InChI is InChI=1S/C43H79/c1-5-9-13-16-19-22-25-28-31-35-41-38-40(34-12-8-4)39-42(36-32-29-26-23-20-17-14-10-6-2)43(41)37-33-30-27-24-21-18-15-11-7-3/h38-39H,4-37H2,1-3H3. The van der Waals surface area contributed by atoms with Crippen LogP contribution in [-0.2, 0) is 25.7 Å². The van der Waals surface area contributed by atoms with Gasteiger partial charge in [0, 0.05) is 0 Å². The second-order valence-electron chi connectivity index (χ2n) is 14.1. The molecule has 0 bridgehead atoms. The third-order valence-electron chi connectivity index (χ3n) is 9.84. The first-order valence-corrected chi connectivity index (χ1v) is 20.2. The second-order valence-corrected chi connectivity index (χ2v) is 14.1. The maximum atomic E-state index is 4.15. The molecule has 1 aromatic carbocycles. The van der Waals surface area contributed by atoms with E-state index < -0.39 is 0 Å². The van der Waals surface area contributed by atoms with Crippen molar-refractivity contribution in [2.75, 3.05) is 0 Å². The SMILES string of the molecule is [CH2]CCCc1cc(CCCCCCCCCCC)c(CCCCCCCCCCC)c(CCCCCCCCCCC)c1. The van der Waals surface area contributed by atoms with Crippen LogP contribution in [0.4, 0.5) is 0 Å². The molecular formula is C43H79. The number of aryl methyl sites for hydroxylation is 3. The van der Waals surface area contributed by atoms with E-state index in [-0.39, 0.29) is 0 Å². The van der Waals surface area contributed by atoms with E-state index in [2.05, 4.69) is 39.8 Å². The fraction of sp³-hybridized carbons (Fsp3) is 0.837. The Morgan fingerprint density at radius 3 is 0.977 bits per heavy atom. The van der Waals surface area contributed by atoms with Gasteiger partial charge in [0.2, 0.25) is 0 Å². The molecule has 0 heterocycles. The quantitative estimate of drug-likeness (QED) is 0.0709. The molecule has 0 saturated carbocycles. The first-order valence-electron chi connectivity index (χ1n) is 20.2. The highest BCUT2D eigenvalue weighted by Crippen LogP contribution is 2.26. The average Bonchev–Trinajstić information content (AvgIpc) is 3.02. The van der Waals surface area contributed by atoms with E-state index in [1.165, 1.54) is 205 Å². The number of hydrogen-bond donors (Lipinski definition) is 0. The minimum absolute atomic E-state index is 1.06. The minimum Gasteiger partial charge on any atom is -0.0654 e. The van der Waals surface area contributed by atoms with Gasteiger partial charge in [-0.2, -0.15) is 0 Å². The van der Waals surface area contributed by atoms with Gasteiger partial charge in [-0.15, -0.1) is 0 Å². The van der Waals surface area contributed by atoms with Crippen molar-refractivity contribution in [1.29, 1.82) is 0 Å². The third-order valence-corrected chi connectivity index (χ3v) is 9.84. The van der Waals surface area contributed by atoms with Gasteiger partial charge >= 0.3 is 0 Å². The molecule has 1 aromatic rings. The van der Waals surface area contributed by atoms with E-state index >= 15 is 0 Å². The summed E-state index contributed by atoms with van der Waals surface area (Å²) in [7, 11) is 0. The molecule has 1 radical (unpaired) electrons. The van der Waals surface area contributed by atoms with Gasteiger partial charge in [0.1, 0.15) is 0 Å². The van der Waals surface area contributed by atoms with E-state index in [4.69, 9.17) is 0 Å². The zero-order valence-electron chi connectivity index (χ0n) is 30.2. The Morgan fingerprint density at radius 1 is 0.349 bits per heavy atom. The Morgan fingerprint density at radius 2 is 0.651 bits per heavy atom. The van der Waals surface area contributed by atoms with Crippen LogP contribution < -0.4 is 0 Å². The summed E-state index contributed by atoms with van der Waals surface area (Å²) in [5, 5.41) is 0. The van der Waals surface area contributed by atoms with E-state index in [0.29, 0.717) is 0 Å². The van der Waals surface area contributed by atoms with E-state index in [1.54, 1.807) is 22.3 Å². The summed E-state index contributed by atoms with van der Waals surface area (Å²) in [6, 6.07) is 5.28. The molecule has 0 unspecified atom stereocenters. The first-order chi connectivity index (χ1) is 21.3. The molecule has 43 heavy (non-hydrogen) atoms. The number of unbranched alkanes of at least 4 members (excludes halogenated alkanes) is 25. The molecule has 0 spiro atoms. The van der Waals surface area contributed by atoms with Crippen LogP contribution in [0.1, 0.15) is 229 Å². The van der Waals surface area contributed by atoms with Gasteiger partial charge in [0.15, 0.2) is 0 Å². The molecule has 1 rings (SSSR count). The van der Waals surface area contributed by atoms with Crippen molar-refractivity contribution in [2.45, 2.75) is 233 Å². The molecule has 0 aromatic heterocycles. The van der Waals surface area contributed by atoms with Crippen LogP contribution in [0.3, 0.4) is 0 Å². The van der Waals surface area contributed by atoms with Crippen molar-refractivity contribution < 1.29 is 0 Å². The van der Waals surface area contributed by atoms with Crippen molar-refractivity contribution in [2.24, 2.45) is 0 Å². The summed E-state index contributed by atoms with van der Waals surface area (Å²) in [6.07, 6.45) is 45.9. The van der Waals surface area contributed by atoms with Crippen molar-refractivity contribution in [3.63, 3.8) is 0 Å². The smallest absolute Gasteiger partial charge is 0.0273 e. The van der Waals surface area contributed by atoms with Crippen LogP contribution in [0, 0.1) is 6.92 Å². The molecule has 0 N–H and O–H groups in total. The number of rotatable bonds is 33. The fourth-order valence-corrected chi connectivity index (χ4v) is 6.98. The average molecular weight is 596 g/mol. The highest BCUT2D eigenvalue weighted by atomic mass is 14.2. The maximum Gasteiger partial charge on any atom is -0.0273 e. The summed E-state index contributed by atoms with van der Waals surface area (Å²) < 4.78 is 0. The predicted molar refractivity (Wildman–Crippen MR) is 198 cm³/mol. The van der Waals surface area contributed by atoms with E-state index in [9.17, 15) is 0 Å². The van der Waals surface area contributed by atoms with Gasteiger partial charge in [-0.05, 0) is 73.6 Å². The van der Waals surface area contributed by atoms with E-state index in [0.717, 1.165) is 6.42 Å². The van der Waals surface area contributed by atoms with Gasteiger partial charge in [-0.1, -0.05) is 200 Å². The first kappa shape index (κ1) is 40.2. The Balaban J connectivity index is 2.71. The van der Waals surface area contributed by atoms with Gasteiger partial charge in [-0.25, -0.2) is 0 Å². The summed E-state index contributed by atoms with van der Waals surface area (Å²) in [5.74, 6) is 0. The van der Waals surface area contributed by atoms with Crippen LogP contribution in [0.2, 0.25) is 0 Å². The van der Waals surface area contributed by atoms with Crippen molar-refractivity contribution >= 4 is 0 Å². The second kappa shape index (κ2) is 31.2. The monoisotopic (exact) mass is 596 g/mol. The van der Waals surface area contributed by atoms with Crippen LogP contribution in [0.5, 0.6) is 0 Å². The van der Waals surface area contributed by atoms with Gasteiger partial charge < -0.3 is 0 Å². The summed E-state index contributed by atoms with van der Waals surface area (Å²) >= 11 is 0. The third kappa shape index (κ3) is 23.3. The maximum absolute atomic E-state index is 4.15. The van der Waals surface area contributed by atoms with Crippen molar-refractivity contribution in [1.82, 2.24) is 0 Å². The van der Waals surface area contributed by atoms with Crippen molar-refractivity contribution in [3.8, 4) is 0 Å². The lowest BCUT2D eigenvalue weighted by Gasteiger charge is -2.18. The molecule has 251 valence electrons. The van der Waals surface area contributed by atoms with Crippen LogP contribution in [0.15, 0.2) is 12.1 Å². The highest BCUT2D eigenvalue weighted by molar-refractivity contribution is 5.40. The van der Waals surface area contributed by atoms with Crippen molar-refractivity contribution in [3.05, 3.63) is 41.3 Å². The molecule has 0 heteroatoms. The topological polar surface area (TPSA) is 0 Å². The van der Waals surface area contributed by atoms with Gasteiger partial charge in [-0.3, -0.25) is 0 Å². The Bertz CT molecular complexity index is 657. The predicted octanol–water partition coefficient (Wildman–Crippen LogP) is 15.1. The molecule has 0 aliphatic rings. The molecule has 0 fully saturated rings. The number of hydrogen-bond acceptors (Lipinski definition) is 0. The Hall–Kier alpha value is -0.780. The fourth-order valence-electron chi connectivity index (χ4n) is 6.98. The Kier molecular flexibility index (Phi) is 29.2. The zero-order chi connectivity index (χ0) is 31.1. The lowest BCUT2D eigenvalue weighted by molar-refractivity contribution is 0.558. The lowest BCUT2D eigenvalue weighted by atomic mass is 9.87. The molecule has 0 atom stereocenters. The zero-order valence-corrected chi connectivity index (χ0v) is 30.2. The molecule has 0 nitrogen and oxygen atoms in total. The molecule has 0 aliphatic carbocycles. The van der Waals surface area contributed by atoms with Gasteiger partial charge in [0.25, 0.3) is 0 Å². The van der Waals surface area contributed by atoms with Crippen LogP contribution in [0.25, 0.3) is 0 Å². The Labute approximate surface area is 273 Å². The lowest BCUT2D eigenvalue weighted by Crippen LogP contribution is -2.05. The van der Waals surface area contributed by atoms with Crippen LogP contribution in [-0.4, -0.2) is 0 Å². The molecule has 0 saturated heterocycles. The normalized spacial score (nSPS) is 11.5. The minimum atomic E-state index is 1.06. The highest BCUT2D eigenvalue weighted by Gasteiger charge is 2.12. The van der Waals surface area contributed by atoms with E-state index in [1.807, 2.05) is 0 Å². The molecule has 0 amide bonds. The van der Waals surface area contributed by atoms with Crippen LogP contribution >= 0.6 is 0 Å². The largest absolute Gasteiger partial charge is 0.0654 e. The summed E-state index contributed by atoms with van der Waals surface area (Å²) in [5.41, 5.74) is 6.85. The summed E-state index contributed by atoms with van der Waals surface area (Å²) in [4.78, 5) is 0.